The molecule has 3 aliphatic carbocycles. The Morgan fingerprint density at radius 3 is 2.30 bits per heavy atom. The summed E-state index contributed by atoms with van der Waals surface area (Å²) in [6.07, 6.45) is 2.14. The van der Waals surface area contributed by atoms with E-state index >= 15 is 0 Å². The van der Waals surface area contributed by atoms with Crippen LogP contribution in [-0.2, 0) is 4.79 Å². The van der Waals surface area contributed by atoms with Gasteiger partial charge >= 0.3 is 0 Å². The van der Waals surface area contributed by atoms with Crippen LogP contribution in [0.4, 0.5) is 4.39 Å². The van der Waals surface area contributed by atoms with E-state index in [1.54, 1.807) is 0 Å². The van der Waals surface area contributed by atoms with Crippen molar-refractivity contribution >= 4 is 5.78 Å². The summed E-state index contributed by atoms with van der Waals surface area (Å²) < 4.78 is 12.9. The lowest BCUT2D eigenvalue weighted by molar-refractivity contribution is -0.211. The highest BCUT2D eigenvalue weighted by Gasteiger charge is 2.71. The van der Waals surface area contributed by atoms with Crippen LogP contribution in [-0.4, -0.2) is 11.5 Å². The van der Waals surface area contributed by atoms with Crippen molar-refractivity contribution in [2.75, 3.05) is 0 Å². The highest BCUT2D eigenvalue weighted by atomic mass is 19.1. The number of carbonyl (C=O) groups is 1. The number of hydrogen-bond acceptors (Lipinski definition) is 1. The second-order valence-corrected chi connectivity index (χ2v) is 3.74. The van der Waals surface area contributed by atoms with E-state index in [0.29, 0.717) is 25.7 Å². The van der Waals surface area contributed by atoms with Crippen LogP contribution in [0.15, 0.2) is 0 Å². The van der Waals surface area contributed by atoms with Crippen LogP contribution in [0.3, 0.4) is 0 Å². The summed E-state index contributed by atoms with van der Waals surface area (Å²) in [5, 5.41) is 0. The van der Waals surface area contributed by atoms with Gasteiger partial charge in [-0.15, -0.1) is 0 Å². The van der Waals surface area contributed by atoms with E-state index in [1.807, 2.05) is 6.92 Å². The van der Waals surface area contributed by atoms with Crippen molar-refractivity contribution in [3.8, 4) is 0 Å². The lowest BCUT2D eigenvalue weighted by Gasteiger charge is -2.64. The first-order chi connectivity index (χ1) is 4.60. The fraction of sp³-hybridized carbons (Fsp3) is 0.875. The zero-order valence-electron chi connectivity index (χ0n) is 6.11. The van der Waals surface area contributed by atoms with E-state index in [-0.39, 0.29) is 11.2 Å². The molecule has 10 heavy (non-hydrogen) atoms. The lowest BCUT2D eigenvalue weighted by Crippen LogP contribution is -2.67. The molecule has 0 aromatic rings. The molecule has 2 bridgehead atoms. The van der Waals surface area contributed by atoms with Crippen LogP contribution < -0.4 is 0 Å². The number of ketones is 1. The van der Waals surface area contributed by atoms with E-state index in [0.717, 1.165) is 0 Å². The summed E-state index contributed by atoms with van der Waals surface area (Å²) in [7, 11) is 0. The van der Waals surface area contributed by atoms with Gasteiger partial charge in [-0.2, -0.15) is 0 Å². The predicted octanol–water partition coefficient (Wildman–Crippen LogP) is 1.86. The first-order valence-electron chi connectivity index (χ1n) is 3.83. The van der Waals surface area contributed by atoms with Crippen LogP contribution in [0, 0.1) is 5.41 Å². The third kappa shape index (κ3) is 0.505. The molecule has 1 nitrogen and oxygen atoms in total. The van der Waals surface area contributed by atoms with Gasteiger partial charge in [-0.1, -0.05) is 6.92 Å². The minimum absolute atomic E-state index is 0.177. The van der Waals surface area contributed by atoms with Crippen LogP contribution in [0.1, 0.15) is 32.6 Å². The minimum Gasteiger partial charge on any atom is -0.299 e. The number of alkyl halides is 1. The number of halogens is 1. The summed E-state index contributed by atoms with van der Waals surface area (Å²) in [6, 6.07) is 0. The second kappa shape index (κ2) is 1.44. The molecule has 3 fully saturated rings. The minimum atomic E-state index is -0.912. The first kappa shape index (κ1) is 6.32. The molecule has 0 aliphatic heterocycles. The van der Waals surface area contributed by atoms with Crippen molar-refractivity contribution in [2.45, 2.75) is 38.3 Å². The molecule has 0 saturated heterocycles. The number of rotatable bonds is 2. The molecule has 3 saturated carbocycles. The summed E-state index contributed by atoms with van der Waals surface area (Å²) in [5.41, 5.74) is -1.09. The van der Waals surface area contributed by atoms with Crippen molar-refractivity contribution < 1.29 is 9.18 Å². The molecular weight excluding hydrogens is 131 g/mol. The molecule has 0 N–H and O–H groups in total. The van der Waals surface area contributed by atoms with E-state index in [4.69, 9.17) is 0 Å². The molecule has 0 aromatic carbocycles. The van der Waals surface area contributed by atoms with E-state index in [1.165, 1.54) is 0 Å². The van der Waals surface area contributed by atoms with Crippen LogP contribution in [0.2, 0.25) is 0 Å². The molecule has 0 radical (unpaired) electrons. The molecule has 56 valence electrons. The van der Waals surface area contributed by atoms with Gasteiger partial charge in [0.15, 0.2) is 0 Å². The van der Waals surface area contributed by atoms with Gasteiger partial charge in [0.05, 0.1) is 0 Å². The molecule has 0 aromatic heterocycles. The molecule has 3 aliphatic rings. The third-order valence-electron chi connectivity index (χ3n) is 2.88. The maximum absolute atomic E-state index is 12.9. The average Bonchev–Trinajstić information content (AvgIpc) is 1.77. The normalized spacial score (nSPS) is 49.4. The van der Waals surface area contributed by atoms with Gasteiger partial charge < -0.3 is 0 Å². The number of Topliss-reactive ketones (excluding diaryl/α,β-unsaturated/α-hetero) is 1. The third-order valence-corrected chi connectivity index (χ3v) is 2.88. The largest absolute Gasteiger partial charge is 0.299 e. The first-order valence-corrected chi connectivity index (χ1v) is 3.83. The molecule has 3 rings (SSSR count). The van der Waals surface area contributed by atoms with E-state index in [2.05, 4.69) is 0 Å². The van der Waals surface area contributed by atoms with Crippen LogP contribution in [0.5, 0.6) is 0 Å². The standard InChI is InChI=1S/C8H11FO/c1-2-6(10)7-3-8(9,4-7)5-7/h2-5H2,1H3. The maximum atomic E-state index is 12.9. The summed E-state index contributed by atoms with van der Waals surface area (Å²) in [6.45, 7) is 1.85. The zero-order valence-corrected chi connectivity index (χ0v) is 6.11. The Bertz CT molecular complexity index is 178. The quantitative estimate of drug-likeness (QED) is 0.575. The van der Waals surface area contributed by atoms with Gasteiger partial charge in [-0.3, -0.25) is 4.79 Å². The van der Waals surface area contributed by atoms with Gasteiger partial charge in [0, 0.05) is 11.8 Å². The van der Waals surface area contributed by atoms with Gasteiger partial charge in [0.25, 0.3) is 0 Å². The summed E-state index contributed by atoms with van der Waals surface area (Å²) in [5.74, 6) is 0.270. The second-order valence-electron chi connectivity index (χ2n) is 3.74. The fourth-order valence-electron chi connectivity index (χ4n) is 2.33. The Labute approximate surface area is 59.6 Å². The van der Waals surface area contributed by atoms with Gasteiger partial charge in [0.1, 0.15) is 11.5 Å². The van der Waals surface area contributed by atoms with Crippen LogP contribution >= 0.6 is 0 Å². The SMILES string of the molecule is CCC(=O)C12CC(F)(C1)C2. The number of carbonyl (C=O) groups excluding carboxylic acids is 1. The molecular formula is C8H11FO. The summed E-state index contributed by atoms with van der Waals surface area (Å²) in [4.78, 5) is 11.1. The van der Waals surface area contributed by atoms with Gasteiger partial charge in [-0.25, -0.2) is 4.39 Å². The fourth-order valence-corrected chi connectivity index (χ4v) is 2.33. The number of hydrogen-bond donors (Lipinski definition) is 0. The smallest absolute Gasteiger partial charge is 0.139 e. The summed E-state index contributed by atoms with van der Waals surface area (Å²) >= 11 is 0. The van der Waals surface area contributed by atoms with Gasteiger partial charge in [0.2, 0.25) is 0 Å². The average molecular weight is 142 g/mol. The Balaban J connectivity index is 2.04. The Morgan fingerprint density at radius 1 is 1.50 bits per heavy atom. The Hall–Kier alpha value is -0.400. The molecule has 0 amide bonds. The predicted molar refractivity (Wildman–Crippen MR) is 35.4 cm³/mol. The highest BCUT2D eigenvalue weighted by Crippen LogP contribution is 2.70. The van der Waals surface area contributed by atoms with E-state index in [9.17, 15) is 9.18 Å². The molecule has 0 atom stereocenters. The van der Waals surface area contributed by atoms with Crippen molar-refractivity contribution in [1.82, 2.24) is 0 Å². The Kier molecular flexibility index (Phi) is 0.907. The van der Waals surface area contributed by atoms with E-state index < -0.39 is 5.67 Å². The van der Waals surface area contributed by atoms with Crippen molar-refractivity contribution in [2.24, 2.45) is 5.41 Å². The highest BCUT2D eigenvalue weighted by molar-refractivity contribution is 5.88. The molecule has 0 unspecified atom stereocenters. The van der Waals surface area contributed by atoms with Crippen LogP contribution in [0.25, 0.3) is 0 Å². The lowest BCUT2D eigenvalue weighted by atomic mass is 9.40. The zero-order chi connectivity index (χ0) is 7.41. The molecule has 2 heteroatoms. The molecule has 0 spiro atoms. The van der Waals surface area contributed by atoms with Gasteiger partial charge in [-0.05, 0) is 19.3 Å². The maximum Gasteiger partial charge on any atom is 0.139 e. The van der Waals surface area contributed by atoms with Crippen molar-refractivity contribution in [3.05, 3.63) is 0 Å². The topological polar surface area (TPSA) is 17.1 Å². The van der Waals surface area contributed by atoms with Crippen molar-refractivity contribution in [3.63, 3.8) is 0 Å². The van der Waals surface area contributed by atoms with Crippen molar-refractivity contribution in [1.29, 1.82) is 0 Å². The Morgan fingerprint density at radius 2 is 2.00 bits per heavy atom. The monoisotopic (exact) mass is 142 g/mol. The molecule has 0 heterocycles.